The minimum atomic E-state index is -1.60. The van der Waals surface area contributed by atoms with Gasteiger partial charge in [0, 0.05) is 13.3 Å². The molecule has 128 valence electrons. The maximum absolute atomic E-state index is 12.8. The van der Waals surface area contributed by atoms with Crippen molar-refractivity contribution in [2.45, 2.75) is 6.92 Å². The molecule has 6 heteroatoms. The number of nitrogens with zero attached hydrogens (tertiary/aromatic N) is 1. The molecular weight excluding hydrogens is 335 g/mol. The van der Waals surface area contributed by atoms with E-state index in [-0.39, 0.29) is 6.03 Å². The van der Waals surface area contributed by atoms with Gasteiger partial charge in [-0.2, -0.15) is 0 Å². The lowest BCUT2D eigenvalue weighted by Gasteiger charge is -2.23. The number of hydrogen-bond donors (Lipinski definition) is 1. The predicted octanol–water partition coefficient (Wildman–Crippen LogP) is 5.09. The summed E-state index contributed by atoms with van der Waals surface area (Å²) in [7, 11) is -0.0942. The molecule has 1 atom stereocenters. The maximum atomic E-state index is 12.8. The molecule has 0 bridgehead atoms. The fraction of sp³-hybridized carbons (Fsp3) is 0.105. The Morgan fingerprint density at radius 1 is 1.04 bits per heavy atom. The molecule has 2 aromatic rings. The number of urea groups is 1. The fourth-order valence-electron chi connectivity index (χ4n) is 2.37. The molecule has 0 spiro atoms. The number of carbonyl (C=O) groups excluding carboxylic acids is 1. The Morgan fingerprint density at radius 2 is 1.76 bits per heavy atom. The quantitative estimate of drug-likeness (QED) is 0.779. The van der Waals surface area contributed by atoms with Gasteiger partial charge in [0.15, 0.2) is 0 Å². The van der Waals surface area contributed by atoms with E-state index in [0.717, 1.165) is 16.8 Å². The lowest BCUT2D eigenvalue weighted by atomic mass is 10.1. The largest absolute Gasteiger partial charge is 0.432 e. The molecule has 0 aliphatic carbocycles. The molecule has 1 aliphatic heterocycles. The summed E-state index contributed by atoms with van der Waals surface area (Å²) in [5.41, 5.74) is 2.74. The number of rotatable bonds is 4. The van der Waals surface area contributed by atoms with Gasteiger partial charge in [0.2, 0.25) is 0 Å². The number of para-hydroxylation sites is 2. The highest BCUT2D eigenvalue weighted by molar-refractivity contribution is 7.46. The molecule has 5 nitrogen and oxygen atoms in total. The van der Waals surface area contributed by atoms with Crippen molar-refractivity contribution in [3.63, 3.8) is 0 Å². The zero-order valence-electron chi connectivity index (χ0n) is 14.0. The van der Waals surface area contributed by atoms with E-state index in [1.165, 1.54) is 7.11 Å². The van der Waals surface area contributed by atoms with Gasteiger partial charge in [-0.15, -0.1) is 0 Å². The van der Waals surface area contributed by atoms with Gasteiger partial charge in [-0.3, -0.25) is 9.99 Å². The van der Waals surface area contributed by atoms with E-state index in [1.54, 1.807) is 11.1 Å². The van der Waals surface area contributed by atoms with Crippen LogP contribution in [0.1, 0.15) is 12.5 Å². The third-order valence-corrected chi connectivity index (χ3v) is 4.64. The standard InChI is InChI=1S/C19H19N2O3P/c1-15-12-13-16-8-6-7-11-18(16)21(14-15)19(22)20-25(23-2)24-17-9-4-3-5-10-17/h3-14H,1-2H3,(H,20,22). The lowest BCUT2D eigenvalue weighted by Crippen LogP contribution is -2.35. The molecule has 3 rings (SSSR count). The molecule has 0 saturated heterocycles. The summed E-state index contributed by atoms with van der Waals surface area (Å²) in [4.78, 5) is 14.4. The Bertz CT molecular complexity index is 805. The molecule has 0 saturated carbocycles. The van der Waals surface area contributed by atoms with E-state index in [2.05, 4.69) is 5.09 Å². The van der Waals surface area contributed by atoms with Crippen LogP contribution < -0.4 is 14.5 Å². The van der Waals surface area contributed by atoms with Crippen molar-refractivity contribution in [1.82, 2.24) is 5.09 Å². The van der Waals surface area contributed by atoms with Crippen LogP contribution in [0.25, 0.3) is 6.08 Å². The van der Waals surface area contributed by atoms with Crippen LogP contribution in [0.4, 0.5) is 10.5 Å². The molecule has 1 unspecified atom stereocenters. The van der Waals surface area contributed by atoms with Crippen LogP contribution in [-0.2, 0) is 4.52 Å². The monoisotopic (exact) mass is 354 g/mol. The normalized spacial score (nSPS) is 14.2. The number of allylic oxidation sites excluding steroid dienone is 2. The molecule has 2 aromatic carbocycles. The highest BCUT2D eigenvalue weighted by atomic mass is 31.2. The molecule has 25 heavy (non-hydrogen) atoms. The van der Waals surface area contributed by atoms with Crippen LogP contribution in [0, 0.1) is 0 Å². The van der Waals surface area contributed by atoms with Crippen LogP contribution in [0.15, 0.2) is 72.4 Å². The van der Waals surface area contributed by atoms with E-state index < -0.39 is 8.53 Å². The zero-order chi connectivity index (χ0) is 17.6. The SMILES string of the molecule is COP(NC(=O)N1C=C(C)C=Cc2ccccc21)Oc1ccccc1. The maximum Gasteiger partial charge on any atom is 0.353 e. The highest BCUT2D eigenvalue weighted by Gasteiger charge is 2.23. The Balaban J connectivity index is 1.79. The van der Waals surface area contributed by atoms with Gasteiger partial charge in [0.25, 0.3) is 0 Å². The van der Waals surface area contributed by atoms with Crippen molar-refractivity contribution in [2.24, 2.45) is 0 Å². The highest BCUT2D eigenvalue weighted by Crippen LogP contribution is 2.35. The van der Waals surface area contributed by atoms with Crippen molar-refractivity contribution in [3.8, 4) is 5.75 Å². The second-order valence-corrected chi connectivity index (χ2v) is 6.68. The fourth-order valence-corrected chi connectivity index (χ4v) is 3.16. The van der Waals surface area contributed by atoms with Crippen molar-refractivity contribution in [1.29, 1.82) is 0 Å². The number of carbonyl (C=O) groups is 1. The van der Waals surface area contributed by atoms with Crippen LogP contribution >= 0.6 is 8.53 Å². The van der Waals surface area contributed by atoms with Crippen molar-refractivity contribution < 1.29 is 13.8 Å². The molecule has 0 radical (unpaired) electrons. The molecular formula is C19H19N2O3P. The molecule has 0 aromatic heterocycles. The first kappa shape index (κ1) is 17.2. The number of hydrogen-bond acceptors (Lipinski definition) is 3. The topological polar surface area (TPSA) is 50.8 Å². The van der Waals surface area contributed by atoms with Crippen molar-refractivity contribution in [2.75, 3.05) is 12.0 Å². The minimum absolute atomic E-state index is 0.306. The summed E-state index contributed by atoms with van der Waals surface area (Å²) in [5, 5.41) is 2.81. The van der Waals surface area contributed by atoms with E-state index >= 15 is 0 Å². The summed E-state index contributed by atoms with van der Waals surface area (Å²) in [6, 6.07) is 16.7. The van der Waals surface area contributed by atoms with E-state index in [4.69, 9.17) is 9.05 Å². The molecule has 1 aliphatic rings. The van der Waals surface area contributed by atoms with Gasteiger partial charge in [-0.05, 0) is 36.3 Å². The van der Waals surface area contributed by atoms with Gasteiger partial charge in [0.05, 0.1) is 5.69 Å². The second-order valence-electron chi connectivity index (χ2n) is 5.40. The summed E-state index contributed by atoms with van der Waals surface area (Å²) >= 11 is 0. The van der Waals surface area contributed by atoms with E-state index in [0.29, 0.717) is 5.75 Å². The summed E-state index contributed by atoms with van der Waals surface area (Å²) < 4.78 is 11.0. The van der Waals surface area contributed by atoms with Gasteiger partial charge < -0.3 is 9.05 Å². The van der Waals surface area contributed by atoms with E-state index in [1.807, 2.05) is 73.7 Å². The smallest absolute Gasteiger partial charge is 0.353 e. The number of amides is 2. The Labute approximate surface area is 148 Å². The summed E-state index contributed by atoms with van der Waals surface area (Å²) in [6.45, 7) is 1.95. The van der Waals surface area contributed by atoms with Gasteiger partial charge in [-0.1, -0.05) is 48.6 Å². The van der Waals surface area contributed by atoms with Crippen LogP contribution in [0.2, 0.25) is 0 Å². The zero-order valence-corrected chi connectivity index (χ0v) is 14.9. The van der Waals surface area contributed by atoms with Crippen LogP contribution in [-0.4, -0.2) is 13.1 Å². The Morgan fingerprint density at radius 3 is 2.52 bits per heavy atom. The number of nitrogens with one attached hydrogen (secondary N) is 1. The first-order valence-corrected chi connectivity index (χ1v) is 8.98. The number of fused-ring (bicyclic) bond motifs is 1. The third kappa shape index (κ3) is 4.27. The van der Waals surface area contributed by atoms with Gasteiger partial charge in [-0.25, -0.2) is 4.79 Å². The molecule has 2 amide bonds. The van der Waals surface area contributed by atoms with Gasteiger partial charge >= 0.3 is 14.6 Å². The third-order valence-electron chi connectivity index (χ3n) is 3.56. The van der Waals surface area contributed by atoms with Crippen molar-refractivity contribution in [3.05, 3.63) is 78.0 Å². The minimum Gasteiger partial charge on any atom is -0.432 e. The van der Waals surface area contributed by atoms with Crippen LogP contribution in [0.5, 0.6) is 5.75 Å². The number of benzene rings is 2. The molecule has 0 fully saturated rings. The predicted molar refractivity (Wildman–Crippen MR) is 101 cm³/mol. The number of anilines is 1. The summed E-state index contributed by atoms with van der Waals surface area (Å²) in [5.74, 6) is 0.639. The first-order chi connectivity index (χ1) is 12.2. The Hall–Kier alpha value is -2.62. The Kier molecular flexibility index (Phi) is 5.49. The average Bonchev–Trinajstić information content (AvgIpc) is 2.81. The average molecular weight is 354 g/mol. The van der Waals surface area contributed by atoms with E-state index in [9.17, 15) is 4.79 Å². The molecule has 1 heterocycles. The van der Waals surface area contributed by atoms with Gasteiger partial charge in [0.1, 0.15) is 5.75 Å². The van der Waals surface area contributed by atoms with Crippen LogP contribution in [0.3, 0.4) is 0 Å². The first-order valence-electron chi connectivity index (χ1n) is 7.80. The second kappa shape index (κ2) is 7.97. The molecule has 1 N–H and O–H groups in total. The lowest BCUT2D eigenvalue weighted by molar-refractivity contribution is 0.251. The summed E-state index contributed by atoms with van der Waals surface area (Å²) in [6.07, 6.45) is 5.77. The van der Waals surface area contributed by atoms with Crippen molar-refractivity contribution >= 4 is 26.3 Å².